The van der Waals surface area contributed by atoms with Crippen molar-refractivity contribution >= 4 is 35.9 Å². The molecule has 0 aliphatic heterocycles. The third-order valence-corrected chi connectivity index (χ3v) is 6.40. The van der Waals surface area contributed by atoms with Crippen LogP contribution < -0.4 is 5.19 Å². The standard InChI is InChI=1S/C11H14S2Si/c1-14(2,3)10-6-8-13-11(10)9-5-4-7-12-9/h4-8H,1-3H3. The fraction of sp³-hybridized carbons (Fsp3) is 0.273. The second-order valence-electron chi connectivity index (χ2n) is 4.39. The van der Waals surface area contributed by atoms with Gasteiger partial charge >= 0.3 is 0 Å². The molecule has 0 aromatic carbocycles. The molecular weight excluding hydrogens is 224 g/mol. The summed E-state index contributed by atoms with van der Waals surface area (Å²) >= 11 is 3.72. The van der Waals surface area contributed by atoms with E-state index in [1.165, 1.54) is 9.75 Å². The molecule has 0 bridgehead atoms. The first-order valence-electron chi connectivity index (χ1n) is 4.71. The van der Waals surface area contributed by atoms with Crippen LogP contribution in [-0.2, 0) is 0 Å². The summed E-state index contributed by atoms with van der Waals surface area (Å²) < 4.78 is 0. The molecule has 74 valence electrons. The molecule has 0 N–H and O–H groups in total. The van der Waals surface area contributed by atoms with E-state index in [1.54, 1.807) is 5.19 Å². The van der Waals surface area contributed by atoms with E-state index >= 15 is 0 Å². The molecule has 2 aromatic heterocycles. The maximum Gasteiger partial charge on any atom is 0.0795 e. The Labute approximate surface area is 94.2 Å². The lowest BCUT2D eigenvalue weighted by molar-refractivity contribution is 1.76. The van der Waals surface area contributed by atoms with Crippen LogP contribution >= 0.6 is 22.7 Å². The summed E-state index contributed by atoms with van der Waals surface area (Å²) in [5, 5.41) is 5.98. The summed E-state index contributed by atoms with van der Waals surface area (Å²) in [6, 6.07) is 6.67. The predicted molar refractivity (Wildman–Crippen MR) is 70.6 cm³/mol. The predicted octanol–water partition coefficient (Wildman–Crippen LogP) is 4.02. The molecule has 0 nitrogen and oxygen atoms in total. The van der Waals surface area contributed by atoms with Gasteiger partial charge in [0.25, 0.3) is 0 Å². The van der Waals surface area contributed by atoms with Crippen LogP contribution in [0, 0.1) is 0 Å². The maximum absolute atomic E-state index is 2.41. The van der Waals surface area contributed by atoms with E-state index in [0.29, 0.717) is 0 Å². The summed E-state index contributed by atoms with van der Waals surface area (Å²) in [6.45, 7) is 7.23. The lowest BCUT2D eigenvalue weighted by atomic mass is 10.4. The van der Waals surface area contributed by atoms with Gasteiger partial charge in [0, 0.05) is 9.75 Å². The topological polar surface area (TPSA) is 0 Å². The highest BCUT2D eigenvalue weighted by Gasteiger charge is 2.21. The number of rotatable bonds is 2. The second kappa shape index (κ2) is 3.64. The maximum atomic E-state index is 2.41. The normalized spacial score (nSPS) is 11.9. The molecule has 0 unspecified atom stereocenters. The molecule has 3 heteroatoms. The number of thiophene rings is 2. The minimum absolute atomic E-state index is 1.16. The number of hydrogen-bond acceptors (Lipinski definition) is 2. The SMILES string of the molecule is C[Si](C)(C)c1ccsc1-c1cccs1. The Bertz CT molecular complexity index is 407. The van der Waals surface area contributed by atoms with Gasteiger partial charge in [0.1, 0.15) is 0 Å². The zero-order chi connectivity index (χ0) is 10.2. The van der Waals surface area contributed by atoms with Crippen LogP contribution in [-0.4, -0.2) is 8.07 Å². The van der Waals surface area contributed by atoms with Crippen molar-refractivity contribution in [2.75, 3.05) is 0 Å². The van der Waals surface area contributed by atoms with Crippen molar-refractivity contribution in [3.05, 3.63) is 29.0 Å². The Hall–Kier alpha value is -0.383. The average Bonchev–Trinajstić information content (AvgIpc) is 2.73. The van der Waals surface area contributed by atoms with Crippen molar-refractivity contribution in [3.63, 3.8) is 0 Å². The third-order valence-electron chi connectivity index (χ3n) is 2.22. The van der Waals surface area contributed by atoms with E-state index in [9.17, 15) is 0 Å². The molecule has 0 aliphatic rings. The van der Waals surface area contributed by atoms with Crippen molar-refractivity contribution < 1.29 is 0 Å². The van der Waals surface area contributed by atoms with Crippen LogP contribution in [0.15, 0.2) is 29.0 Å². The smallest absolute Gasteiger partial charge is 0.0795 e. The summed E-state index contributed by atoms with van der Waals surface area (Å²) in [4.78, 5) is 2.93. The Balaban J connectivity index is 2.51. The van der Waals surface area contributed by atoms with E-state index in [2.05, 4.69) is 48.6 Å². The summed E-state index contributed by atoms with van der Waals surface area (Å²) in [7, 11) is -1.16. The first-order chi connectivity index (χ1) is 6.59. The van der Waals surface area contributed by atoms with Gasteiger partial charge in [-0.15, -0.1) is 22.7 Å². The lowest BCUT2D eigenvalue weighted by Crippen LogP contribution is -2.37. The van der Waals surface area contributed by atoms with Crippen molar-refractivity contribution in [2.24, 2.45) is 0 Å². The van der Waals surface area contributed by atoms with Gasteiger partial charge in [0.05, 0.1) is 8.07 Å². The first-order valence-corrected chi connectivity index (χ1v) is 9.97. The van der Waals surface area contributed by atoms with Crippen molar-refractivity contribution in [1.29, 1.82) is 0 Å². The highest BCUT2D eigenvalue weighted by molar-refractivity contribution is 7.22. The van der Waals surface area contributed by atoms with Crippen LogP contribution in [0.5, 0.6) is 0 Å². The minimum Gasteiger partial charge on any atom is -0.143 e. The molecule has 0 saturated heterocycles. The van der Waals surface area contributed by atoms with E-state index in [-0.39, 0.29) is 0 Å². The molecule has 2 rings (SSSR count). The molecule has 0 amide bonds. The van der Waals surface area contributed by atoms with Crippen LogP contribution in [0.2, 0.25) is 19.6 Å². The molecule has 0 radical (unpaired) electrons. The van der Waals surface area contributed by atoms with Gasteiger partial charge in [-0.05, 0) is 22.0 Å². The minimum atomic E-state index is -1.16. The van der Waals surface area contributed by atoms with Gasteiger partial charge in [-0.2, -0.15) is 0 Å². The Morgan fingerprint density at radius 2 is 1.79 bits per heavy atom. The van der Waals surface area contributed by atoms with Crippen LogP contribution in [0.4, 0.5) is 0 Å². The van der Waals surface area contributed by atoms with Crippen molar-refractivity contribution in [1.82, 2.24) is 0 Å². The van der Waals surface area contributed by atoms with E-state index in [1.807, 2.05) is 22.7 Å². The largest absolute Gasteiger partial charge is 0.143 e. The van der Waals surface area contributed by atoms with E-state index in [4.69, 9.17) is 0 Å². The van der Waals surface area contributed by atoms with Crippen LogP contribution in [0.1, 0.15) is 0 Å². The highest BCUT2D eigenvalue weighted by Crippen LogP contribution is 2.29. The average molecular weight is 238 g/mol. The molecule has 0 aliphatic carbocycles. The fourth-order valence-electron chi connectivity index (χ4n) is 1.50. The van der Waals surface area contributed by atoms with E-state index < -0.39 is 8.07 Å². The monoisotopic (exact) mass is 238 g/mol. The van der Waals surface area contributed by atoms with Gasteiger partial charge in [0.2, 0.25) is 0 Å². The summed E-state index contributed by atoms with van der Waals surface area (Å²) in [5.41, 5.74) is 0. The van der Waals surface area contributed by atoms with Crippen molar-refractivity contribution in [2.45, 2.75) is 19.6 Å². The van der Waals surface area contributed by atoms with Gasteiger partial charge in [0.15, 0.2) is 0 Å². The van der Waals surface area contributed by atoms with Gasteiger partial charge in [-0.1, -0.05) is 31.8 Å². The Morgan fingerprint density at radius 3 is 2.36 bits per heavy atom. The van der Waals surface area contributed by atoms with Gasteiger partial charge in [-0.25, -0.2) is 0 Å². The molecule has 0 fully saturated rings. The Kier molecular flexibility index (Phi) is 2.64. The first kappa shape index (κ1) is 10.1. The van der Waals surface area contributed by atoms with Gasteiger partial charge in [-0.3, -0.25) is 0 Å². The highest BCUT2D eigenvalue weighted by atomic mass is 32.1. The lowest BCUT2D eigenvalue weighted by Gasteiger charge is -2.16. The molecule has 0 atom stereocenters. The Morgan fingerprint density at radius 1 is 1.00 bits per heavy atom. The fourth-order valence-corrected chi connectivity index (χ4v) is 5.89. The molecular formula is C11H14S2Si. The zero-order valence-electron chi connectivity index (χ0n) is 8.70. The van der Waals surface area contributed by atoms with E-state index in [0.717, 1.165) is 0 Å². The van der Waals surface area contributed by atoms with Crippen molar-refractivity contribution in [3.8, 4) is 9.75 Å². The van der Waals surface area contributed by atoms with Crippen LogP contribution in [0.3, 0.4) is 0 Å². The summed E-state index contributed by atoms with van der Waals surface area (Å²) in [6.07, 6.45) is 0. The quantitative estimate of drug-likeness (QED) is 0.693. The molecule has 0 saturated carbocycles. The third kappa shape index (κ3) is 1.85. The second-order valence-corrected chi connectivity index (χ2v) is 11.3. The zero-order valence-corrected chi connectivity index (χ0v) is 11.3. The number of hydrogen-bond donors (Lipinski definition) is 0. The molecule has 14 heavy (non-hydrogen) atoms. The van der Waals surface area contributed by atoms with Gasteiger partial charge < -0.3 is 0 Å². The molecule has 2 heterocycles. The van der Waals surface area contributed by atoms with Crippen LogP contribution in [0.25, 0.3) is 9.75 Å². The molecule has 2 aromatic rings. The molecule has 0 spiro atoms. The summed E-state index contributed by atoms with van der Waals surface area (Å²) in [5.74, 6) is 0.